The number of hydrogen-bond acceptors (Lipinski definition) is 2. The lowest BCUT2D eigenvalue weighted by Crippen LogP contribution is -2.17. The van der Waals surface area contributed by atoms with Gasteiger partial charge in [-0.25, -0.2) is 4.36 Å². The smallest absolute Gasteiger partial charge is 0.0889 e. The molecule has 1 atom stereocenters. The third-order valence-electron chi connectivity index (χ3n) is 0.958. The number of hydrogen-bond donors (Lipinski definition) is 0. The molecule has 0 spiro atoms. The van der Waals surface area contributed by atoms with E-state index in [-0.39, 0.29) is 16.5 Å². The fraction of sp³-hybridized carbons (Fsp3) is 1.00. The van der Waals surface area contributed by atoms with Gasteiger partial charge in [-0.15, -0.1) is 0 Å². The Morgan fingerprint density at radius 1 is 1.62 bits per heavy atom. The Balaban J connectivity index is 2.67. The molecular formula is C5H11NOS. The third kappa shape index (κ3) is 1.29. The number of nitrogens with zero attached hydrogens (tertiary/aromatic N) is 1. The van der Waals surface area contributed by atoms with Gasteiger partial charge in [0.2, 0.25) is 0 Å². The Labute approximate surface area is 52.5 Å². The van der Waals surface area contributed by atoms with Crippen molar-refractivity contribution in [1.82, 2.24) is 0 Å². The van der Waals surface area contributed by atoms with E-state index in [1.807, 2.05) is 6.26 Å². The molecule has 1 unspecified atom stereocenters. The van der Waals surface area contributed by atoms with Crippen LogP contribution in [0.1, 0.15) is 13.8 Å². The first kappa shape index (κ1) is 6.23. The van der Waals surface area contributed by atoms with Crippen LogP contribution >= 0.6 is 0 Å². The van der Waals surface area contributed by atoms with Crippen LogP contribution in [0.25, 0.3) is 0 Å². The maximum Gasteiger partial charge on any atom is 0.0889 e. The standard InChI is InChI=1S/C5H11NOS/c1-5(2)4-7-8(3)6-5/h4H2,1-3H3. The highest BCUT2D eigenvalue weighted by Gasteiger charge is 2.22. The predicted octanol–water partition coefficient (Wildman–Crippen LogP) is 1.14. The first-order valence-electron chi connectivity index (χ1n) is 2.62. The summed E-state index contributed by atoms with van der Waals surface area (Å²) in [7, 11) is -0.117. The van der Waals surface area contributed by atoms with Gasteiger partial charge in [0.25, 0.3) is 0 Å². The summed E-state index contributed by atoms with van der Waals surface area (Å²) in [5.41, 5.74) is 0.0812. The highest BCUT2D eigenvalue weighted by molar-refractivity contribution is 7.81. The summed E-state index contributed by atoms with van der Waals surface area (Å²) in [6.45, 7) is 4.96. The van der Waals surface area contributed by atoms with Crippen molar-refractivity contribution in [3.63, 3.8) is 0 Å². The van der Waals surface area contributed by atoms with Crippen molar-refractivity contribution in [2.45, 2.75) is 19.4 Å². The van der Waals surface area contributed by atoms with E-state index >= 15 is 0 Å². The second kappa shape index (κ2) is 1.81. The van der Waals surface area contributed by atoms with Crippen LogP contribution in [0.15, 0.2) is 4.36 Å². The summed E-state index contributed by atoms with van der Waals surface area (Å²) in [6, 6.07) is 0. The molecule has 0 bridgehead atoms. The Morgan fingerprint density at radius 3 is 2.38 bits per heavy atom. The summed E-state index contributed by atoms with van der Waals surface area (Å²) < 4.78 is 9.56. The maximum absolute atomic E-state index is 5.23. The Kier molecular flexibility index (Phi) is 1.41. The van der Waals surface area contributed by atoms with Gasteiger partial charge in [0.1, 0.15) is 0 Å². The first-order valence-corrected chi connectivity index (χ1v) is 4.14. The van der Waals surface area contributed by atoms with Crippen molar-refractivity contribution in [3.8, 4) is 0 Å². The summed E-state index contributed by atoms with van der Waals surface area (Å²) in [5, 5.41) is 0. The minimum Gasteiger partial charge on any atom is -0.304 e. The lowest BCUT2D eigenvalue weighted by Gasteiger charge is -2.07. The van der Waals surface area contributed by atoms with Crippen molar-refractivity contribution in [3.05, 3.63) is 0 Å². The molecule has 1 aliphatic heterocycles. The Morgan fingerprint density at radius 2 is 2.25 bits per heavy atom. The highest BCUT2D eigenvalue weighted by atomic mass is 32.2. The Bertz CT molecular complexity index is 130. The molecule has 8 heavy (non-hydrogen) atoms. The van der Waals surface area contributed by atoms with Crippen molar-refractivity contribution >= 4 is 11.0 Å². The quantitative estimate of drug-likeness (QED) is 0.485. The van der Waals surface area contributed by atoms with Gasteiger partial charge < -0.3 is 4.18 Å². The summed E-state index contributed by atoms with van der Waals surface area (Å²) >= 11 is 0. The molecule has 0 aliphatic carbocycles. The molecule has 1 aliphatic rings. The van der Waals surface area contributed by atoms with E-state index in [0.717, 1.165) is 6.61 Å². The fourth-order valence-corrected chi connectivity index (χ4v) is 1.89. The average molecular weight is 133 g/mol. The van der Waals surface area contributed by atoms with Crippen LogP contribution in [0.3, 0.4) is 0 Å². The van der Waals surface area contributed by atoms with Crippen molar-refractivity contribution in [2.75, 3.05) is 12.9 Å². The van der Waals surface area contributed by atoms with E-state index in [4.69, 9.17) is 4.18 Å². The molecule has 0 aromatic heterocycles. The van der Waals surface area contributed by atoms with Gasteiger partial charge in [-0.3, -0.25) is 0 Å². The van der Waals surface area contributed by atoms with Gasteiger partial charge in [-0.1, -0.05) is 0 Å². The lowest BCUT2D eigenvalue weighted by molar-refractivity contribution is 0.311. The van der Waals surface area contributed by atoms with Gasteiger partial charge in [-0.2, -0.15) is 0 Å². The summed E-state index contributed by atoms with van der Waals surface area (Å²) in [4.78, 5) is 0. The second-order valence-corrected chi connectivity index (χ2v) is 3.86. The van der Waals surface area contributed by atoms with E-state index in [0.29, 0.717) is 0 Å². The summed E-state index contributed by atoms with van der Waals surface area (Å²) in [5.74, 6) is 0. The number of rotatable bonds is 0. The molecule has 0 N–H and O–H groups in total. The molecule has 0 radical (unpaired) electrons. The van der Waals surface area contributed by atoms with Gasteiger partial charge in [0, 0.05) is 17.2 Å². The van der Waals surface area contributed by atoms with Crippen LogP contribution in [0, 0.1) is 0 Å². The zero-order valence-corrected chi connectivity index (χ0v) is 6.29. The van der Waals surface area contributed by atoms with Gasteiger partial charge in [-0.05, 0) is 13.8 Å². The average Bonchev–Trinajstić information content (AvgIpc) is 1.82. The molecule has 2 nitrogen and oxygen atoms in total. The van der Waals surface area contributed by atoms with E-state index in [2.05, 4.69) is 18.2 Å². The molecule has 3 heteroatoms. The minimum absolute atomic E-state index is 0.0812. The lowest BCUT2D eigenvalue weighted by atomic mass is 10.1. The predicted molar refractivity (Wildman–Crippen MR) is 35.7 cm³/mol. The molecule has 1 heterocycles. The molecule has 0 saturated carbocycles. The van der Waals surface area contributed by atoms with Crippen molar-refractivity contribution < 1.29 is 4.18 Å². The molecule has 0 aromatic rings. The van der Waals surface area contributed by atoms with Crippen LogP contribution in [-0.4, -0.2) is 18.4 Å². The van der Waals surface area contributed by atoms with Crippen LogP contribution in [0.2, 0.25) is 0 Å². The molecular weight excluding hydrogens is 122 g/mol. The molecule has 0 amide bonds. The van der Waals surface area contributed by atoms with Gasteiger partial charge >= 0.3 is 0 Å². The Hall–Kier alpha value is 0.110. The highest BCUT2D eigenvalue weighted by Crippen LogP contribution is 2.17. The van der Waals surface area contributed by atoms with Gasteiger partial charge in [0.05, 0.1) is 12.1 Å². The minimum atomic E-state index is -0.117. The molecule has 0 fully saturated rings. The van der Waals surface area contributed by atoms with E-state index < -0.39 is 0 Å². The SMILES string of the molecule is CS1=NC(C)(C)CO1. The van der Waals surface area contributed by atoms with Crippen LogP contribution < -0.4 is 0 Å². The first-order chi connectivity index (χ1) is 3.60. The van der Waals surface area contributed by atoms with Crippen LogP contribution in [0.5, 0.6) is 0 Å². The fourth-order valence-electron chi connectivity index (χ4n) is 0.630. The topological polar surface area (TPSA) is 21.6 Å². The van der Waals surface area contributed by atoms with E-state index in [1.165, 1.54) is 0 Å². The molecule has 0 saturated heterocycles. The van der Waals surface area contributed by atoms with Gasteiger partial charge in [0.15, 0.2) is 0 Å². The monoisotopic (exact) mass is 133 g/mol. The summed E-state index contributed by atoms with van der Waals surface area (Å²) in [6.07, 6.45) is 1.99. The zero-order valence-electron chi connectivity index (χ0n) is 5.47. The van der Waals surface area contributed by atoms with E-state index in [1.54, 1.807) is 0 Å². The largest absolute Gasteiger partial charge is 0.304 e. The molecule has 1 rings (SSSR count). The zero-order chi connectivity index (χ0) is 6.20. The maximum atomic E-state index is 5.23. The third-order valence-corrected chi connectivity index (χ3v) is 2.17. The normalized spacial score (nSPS) is 34.6. The van der Waals surface area contributed by atoms with Crippen LogP contribution in [0.4, 0.5) is 0 Å². The van der Waals surface area contributed by atoms with Crippen LogP contribution in [-0.2, 0) is 15.2 Å². The molecule has 0 aromatic carbocycles. The van der Waals surface area contributed by atoms with E-state index in [9.17, 15) is 0 Å². The molecule has 48 valence electrons. The van der Waals surface area contributed by atoms with Crippen molar-refractivity contribution in [1.29, 1.82) is 0 Å². The second-order valence-electron chi connectivity index (χ2n) is 2.59. The van der Waals surface area contributed by atoms with Crippen molar-refractivity contribution in [2.24, 2.45) is 4.36 Å².